The minimum atomic E-state index is -0.177. The van der Waals surface area contributed by atoms with Crippen molar-refractivity contribution in [3.8, 4) is 0 Å². The predicted octanol–water partition coefficient (Wildman–Crippen LogP) is -0.419. The quantitative estimate of drug-likeness (QED) is 0.575. The lowest BCUT2D eigenvalue weighted by Crippen LogP contribution is -2.39. The molecule has 1 aliphatic rings. The van der Waals surface area contributed by atoms with Crippen LogP contribution in [0.3, 0.4) is 0 Å². The van der Waals surface area contributed by atoms with E-state index in [0.29, 0.717) is 0 Å². The molecule has 0 aliphatic carbocycles. The number of hydrogen-bond donors (Lipinski definition) is 1. The summed E-state index contributed by atoms with van der Waals surface area (Å²) >= 11 is 0. The van der Waals surface area contributed by atoms with E-state index in [1.54, 1.807) is 0 Å². The average Bonchev–Trinajstić information content (AvgIpc) is 2.49. The molecule has 2 atom stereocenters. The van der Waals surface area contributed by atoms with Crippen LogP contribution in [-0.2, 0) is 9.53 Å². The van der Waals surface area contributed by atoms with Gasteiger partial charge in [0, 0.05) is 19.1 Å². The molecule has 1 heterocycles. The van der Waals surface area contributed by atoms with Gasteiger partial charge in [0.15, 0.2) is 0 Å². The fourth-order valence-electron chi connectivity index (χ4n) is 1.49. The molecule has 1 unspecified atom stereocenters. The van der Waals surface area contributed by atoms with E-state index in [1.165, 1.54) is 7.11 Å². The maximum atomic E-state index is 11.1. The van der Waals surface area contributed by atoms with Crippen LogP contribution in [0.2, 0.25) is 0 Å². The SMILES string of the molecule is COC(=O)C(C)N1CC[C@H](N)C1. The van der Waals surface area contributed by atoms with E-state index in [4.69, 9.17) is 5.73 Å². The van der Waals surface area contributed by atoms with Crippen LogP contribution in [0.25, 0.3) is 0 Å². The summed E-state index contributed by atoms with van der Waals surface area (Å²) in [5.74, 6) is -0.177. The summed E-state index contributed by atoms with van der Waals surface area (Å²) in [5.41, 5.74) is 5.71. The lowest BCUT2D eigenvalue weighted by atomic mass is 10.3. The van der Waals surface area contributed by atoms with Crippen molar-refractivity contribution in [1.82, 2.24) is 4.90 Å². The zero-order chi connectivity index (χ0) is 9.14. The molecule has 0 aromatic heterocycles. The Balaban J connectivity index is 2.42. The van der Waals surface area contributed by atoms with Crippen LogP contribution in [0.5, 0.6) is 0 Å². The highest BCUT2D eigenvalue weighted by Gasteiger charge is 2.27. The Kier molecular flexibility index (Phi) is 3.05. The zero-order valence-corrected chi connectivity index (χ0v) is 7.62. The zero-order valence-electron chi connectivity index (χ0n) is 7.62. The minimum absolute atomic E-state index is 0.149. The number of likely N-dealkylation sites (tertiary alicyclic amines) is 1. The van der Waals surface area contributed by atoms with E-state index in [9.17, 15) is 4.79 Å². The van der Waals surface area contributed by atoms with Crippen molar-refractivity contribution in [3.63, 3.8) is 0 Å². The van der Waals surface area contributed by atoms with E-state index in [2.05, 4.69) is 9.64 Å². The fourth-order valence-corrected chi connectivity index (χ4v) is 1.49. The molecule has 0 aromatic rings. The number of ether oxygens (including phenoxy) is 1. The van der Waals surface area contributed by atoms with Crippen molar-refractivity contribution in [2.75, 3.05) is 20.2 Å². The van der Waals surface area contributed by atoms with Crippen LogP contribution in [-0.4, -0.2) is 43.2 Å². The summed E-state index contributed by atoms with van der Waals surface area (Å²) in [5, 5.41) is 0. The molecule has 0 spiro atoms. The van der Waals surface area contributed by atoms with Gasteiger partial charge in [-0.05, 0) is 13.3 Å². The molecule has 0 amide bonds. The number of nitrogens with zero attached hydrogens (tertiary/aromatic N) is 1. The molecule has 0 aromatic carbocycles. The number of rotatable bonds is 2. The molecule has 1 aliphatic heterocycles. The normalized spacial score (nSPS) is 27.1. The van der Waals surface area contributed by atoms with Crippen molar-refractivity contribution in [2.45, 2.75) is 25.4 Å². The molecule has 12 heavy (non-hydrogen) atoms. The monoisotopic (exact) mass is 172 g/mol. The Labute approximate surface area is 72.7 Å². The summed E-state index contributed by atoms with van der Waals surface area (Å²) in [6.07, 6.45) is 0.974. The first-order chi connectivity index (χ1) is 5.65. The third kappa shape index (κ3) is 1.95. The Hall–Kier alpha value is -0.610. The number of methoxy groups -OCH3 is 1. The van der Waals surface area contributed by atoms with Crippen molar-refractivity contribution in [1.29, 1.82) is 0 Å². The van der Waals surface area contributed by atoms with Crippen LogP contribution < -0.4 is 5.73 Å². The maximum absolute atomic E-state index is 11.1. The van der Waals surface area contributed by atoms with Crippen LogP contribution in [0.15, 0.2) is 0 Å². The van der Waals surface area contributed by atoms with Gasteiger partial charge < -0.3 is 10.5 Å². The summed E-state index contributed by atoms with van der Waals surface area (Å²) in [6.45, 7) is 3.55. The van der Waals surface area contributed by atoms with Gasteiger partial charge >= 0.3 is 5.97 Å². The highest BCUT2D eigenvalue weighted by atomic mass is 16.5. The minimum Gasteiger partial charge on any atom is -0.468 e. The third-order valence-corrected chi connectivity index (χ3v) is 2.35. The average molecular weight is 172 g/mol. The van der Waals surface area contributed by atoms with Gasteiger partial charge in [-0.3, -0.25) is 9.69 Å². The second kappa shape index (κ2) is 3.87. The number of hydrogen-bond acceptors (Lipinski definition) is 4. The van der Waals surface area contributed by atoms with E-state index < -0.39 is 0 Å². The van der Waals surface area contributed by atoms with Crippen molar-refractivity contribution in [2.24, 2.45) is 5.73 Å². The molecule has 4 heteroatoms. The van der Waals surface area contributed by atoms with Crippen LogP contribution in [0.1, 0.15) is 13.3 Å². The number of carbonyl (C=O) groups is 1. The predicted molar refractivity (Wildman–Crippen MR) is 45.6 cm³/mol. The smallest absolute Gasteiger partial charge is 0.322 e. The summed E-state index contributed by atoms with van der Waals surface area (Å²) in [4.78, 5) is 13.2. The molecule has 2 N–H and O–H groups in total. The van der Waals surface area contributed by atoms with Gasteiger partial charge in [-0.1, -0.05) is 0 Å². The van der Waals surface area contributed by atoms with Gasteiger partial charge in [0.25, 0.3) is 0 Å². The van der Waals surface area contributed by atoms with E-state index in [1.807, 2.05) is 6.92 Å². The van der Waals surface area contributed by atoms with Crippen molar-refractivity contribution in [3.05, 3.63) is 0 Å². The first kappa shape index (κ1) is 9.48. The topological polar surface area (TPSA) is 55.6 Å². The molecule has 1 fully saturated rings. The van der Waals surface area contributed by atoms with Crippen LogP contribution in [0.4, 0.5) is 0 Å². The lowest BCUT2D eigenvalue weighted by molar-refractivity contribution is -0.145. The molecule has 70 valence electrons. The molecule has 4 nitrogen and oxygen atoms in total. The Morgan fingerprint density at radius 1 is 1.75 bits per heavy atom. The lowest BCUT2D eigenvalue weighted by Gasteiger charge is -2.21. The van der Waals surface area contributed by atoms with Gasteiger partial charge in [0.05, 0.1) is 7.11 Å². The molecule has 1 rings (SSSR count). The van der Waals surface area contributed by atoms with Crippen molar-refractivity contribution >= 4 is 5.97 Å². The van der Waals surface area contributed by atoms with Gasteiger partial charge in [0.1, 0.15) is 6.04 Å². The molecule has 1 saturated heterocycles. The molecule has 0 saturated carbocycles. The Morgan fingerprint density at radius 2 is 2.42 bits per heavy atom. The fraction of sp³-hybridized carbons (Fsp3) is 0.875. The van der Waals surface area contributed by atoms with Gasteiger partial charge in [-0.25, -0.2) is 0 Å². The van der Waals surface area contributed by atoms with Crippen molar-refractivity contribution < 1.29 is 9.53 Å². The number of esters is 1. The molecular weight excluding hydrogens is 156 g/mol. The standard InChI is InChI=1S/C8H16N2O2/c1-6(8(11)12-2)10-4-3-7(9)5-10/h6-7H,3-5,9H2,1-2H3/t6?,7-/m0/s1. The second-order valence-electron chi connectivity index (χ2n) is 3.24. The Morgan fingerprint density at radius 3 is 2.83 bits per heavy atom. The summed E-state index contributed by atoms with van der Waals surface area (Å²) < 4.78 is 4.64. The second-order valence-corrected chi connectivity index (χ2v) is 3.24. The van der Waals surface area contributed by atoms with Gasteiger partial charge in [-0.2, -0.15) is 0 Å². The number of carbonyl (C=O) groups excluding carboxylic acids is 1. The number of nitrogens with two attached hydrogens (primary N) is 1. The third-order valence-electron chi connectivity index (χ3n) is 2.35. The summed E-state index contributed by atoms with van der Waals surface area (Å²) in [6, 6.07) is 0.0701. The largest absolute Gasteiger partial charge is 0.468 e. The molecular formula is C8H16N2O2. The maximum Gasteiger partial charge on any atom is 0.322 e. The summed E-state index contributed by atoms with van der Waals surface area (Å²) in [7, 11) is 1.41. The van der Waals surface area contributed by atoms with E-state index in [-0.39, 0.29) is 18.1 Å². The highest BCUT2D eigenvalue weighted by Crippen LogP contribution is 2.11. The van der Waals surface area contributed by atoms with Crippen LogP contribution >= 0.6 is 0 Å². The highest BCUT2D eigenvalue weighted by molar-refractivity contribution is 5.75. The van der Waals surface area contributed by atoms with Gasteiger partial charge in [-0.15, -0.1) is 0 Å². The van der Waals surface area contributed by atoms with Gasteiger partial charge in [0.2, 0.25) is 0 Å². The van der Waals surface area contributed by atoms with E-state index in [0.717, 1.165) is 19.5 Å². The first-order valence-electron chi connectivity index (χ1n) is 4.22. The molecule has 0 radical (unpaired) electrons. The van der Waals surface area contributed by atoms with E-state index >= 15 is 0 Å². The Bertz CT molecular complexity index is 172. The van der Waals surface area contributed by atoms with Crippen LogP contribution in [0, 0.1) is 0 Å². The molecule has 0 bridgehead atoms. The first-order valence-corrected chi connectivity index (χ1v) is 4.22.